The number of rotatable bonds is 15. The lowest BCUT2D eigenvalue weighted by Gasteiger charge is -2.16. The first kappa shape index (κ1) is 25.5. The molecule has 1 unspecified atom stereocenters. The van der Waals surface area contributed by atoms with Gasteiger partial charge in [0.25, 0.3) is 0 Å². The monoisotopic (exact) mass is 380 g/mol. The standard InChI is InChI=1S/C23H40O4/c1-5-6-7-8-9-10-11-12-13-14-15-19-26-22(24)17-16-18-23(25)27-21(4)20(2)3/h20-21H,5-13,16-19H2,1-4H3. The van der Waals surface area contributed by atoms with Crippen molar-refractivity contribution in [2.24, 2.45) is 5.92 Å². The maximum atomic E-state index is 11.6. The Bertz CT molecular complexity index is 445. The Kier molecular flexibility index (Phi) is 16.9. The van der Waals surface area contributed by atoms with Gasteiger partial charge < -0.3 is 9.47 Å². The van der Waals surface area contributed by atoms with E-state index in [1.54, 1.807) is 0 Å². The molecule has 0 spiro atoms. The number of hydrogen-bond acceptors (Lipinski definition) is 4. The molecule has 0 heterocycles. The molecule has 0 N–H and O–H groups in total. The average Bonchev–Trinajstić information content (AvgIpc) is 2.62. The molecule has 0 aromatic heterocycles. The quantitative estimate of drug-likeness (QED) is 0.204. The second-order valence-electron chi connectivity index (χ2n) is 7.53. The highest BCUT2D eigenvalue weighted by atomic mass is 16.5. The van der Waals surface area contributed by atoms with E-state index in [0.29, 0.717) is 12.3 Å². The number of carbonyl (C=O) groups excluding carboxylic acids is 2. The highest BCUT2D eigenvalue weighted by molar-refractivity contribution is 5.72. The van der Waals surface area contributed by atoms with Crippen molar-refractivity contribution in [1.82, 2.24) is 0 Å². The molecule has 0 aliphatic heterocycles. The van der Waals surface area contributed by atoms with E-state index >= 15 is 0 Å². The Morgan fingerprint density at radius 1 is 0.778 bits per heavy atom. The third-order valence-corrected chi connectivity index (χ3v) is 4.60. The highest BCUT2D eigenvalue weighted by Crippen LogP contribution is 2.09. The zero-order chi connectivity index (χ0) is 20.3. The Morgan fingerprint density at radius 2 is 1.37 bits per heavy atom. The van der Waals surface area contributed by atoms with Gasteiger partial charge in [0, 0.05) is 19.3 Å². The van der Waals surface area contributed by atoms with Crippen LogP contribution in [0.5, 0.6) is 0 Å². The van der Waals surface area contributed by atoms with Gasteiger partial charge in [-0.3, -0.25) is 9.59 Å². The molecule has 0 rings (SSSR count). The lowest BCUT2D eigenvalue weighted by atomic mass is 10.1. The van der Waals surface area contributed by atoms with E-state index in [9.17, 15) is 9.59 Å². The smallest absolute Gasteiger partial charge is 0.306 e. The lowest BCUT2D eigenvalue weighted by Crippen LogP contribution is -2.20. The predicted molar refractivity (Wildman–Crippen MR) is 110 cm³/mol. The SMILES string of the molecule is CCCCCCCCCCC#CCOC(=O)CCCC(=O)OC(C)C(C)C. The summed E-state index contributed by atoms with van der Waals surface area (Å²) in [5, 5.41) is 0. The predicted octanol–water partition coefficient (Wildman–Crippen LogP) is 5.82. The maximum Gasteiger partial charge on any atom is 0.306 e. The molecule has 0 aliphatic carbocycles. The molecule has 156 valence electrons. The summed E-state index contributed by atoms with van der Waals surface area (Å²) in [6.45, 7) is 8.27. The molecule has 4 nitrogen and oxygen atoms in total. The van der Waals surface area contributed by atoms with Crippen molar-refractivity contribution < 1.29 is 19.1 Å². The Labute approximate surface area is 166 Å². The van der Waals surface area contributed by atoms with E-state index in [1.165, 1.54) is 44.9 Å². The van der Waals surface area contributed by atoms with Crippen LogP contribution in [0.1, 0.15) is 105 Å². The van der Waals surface area contributed by atoms with Gasteiger partial charge in [-0.05, 0) is 25.7 Å². The highest BCUT2D eigenvalue weighted by Gasteiger charge is 2.13. The second-order valence-corrected chi connectivity index (χ2v) is 7.53. The fraction of sp³-hybridized carbons (Fsp3) is 0.826. The van der Waals surface area contributed by atoms with Crippen LogP contribution in [0.25, 0.3) is 0 Å². The zero-order valence-corrected chi connectivity index (χ0v) is 18.0. The van der Waals surface area contributed by atoms with Crippen molar-refractivity contribution in [3.05, 3.63) is 0 Å². The summed E-state index contributed by atoms with van der Waals surface area (Å²) in [6, 6.07) is 0. The lowest BCUT2D eigenvalue weighted by molar-refractivity contribution is -0.150. The van der Waals surface area contributed by atoms with Crippen molar-refractivity contribution in [2.45, 2.75) is 111 Å². The first-order valence-corrected chi connectivity index (χ1v) is 10.8. The van der Waals surface area contributed by atoms with Gasteiger partial charge in [-0.25, -0.2) is 0 Å². The molecule has 0 aromatic rings. The summed E-state index contributed by atoms with van der Waals surface area (Å²) >= 11 is 0. The van der Waals surface area contributed by atoms with Crippen LogP contribution < -0.4 is 0 Å². The molecule has 1 atom stereocenters. The van der Waals surface area contributed by atoms with Crippen molar-refractivity contribution >= 4 is 11.9 Å². The van der Waals surface area contributed by atoms with Crippen molar-refractivity contribution in [2.75, 3.05) is 6.61 Å². The molecular formula is C23H40O4. The van der Waals surface area contributed by atoms with Crippen LogP contribution in [0.15, 0.2) is 0 Å². The summed E-state index contributed by atoms with van der Waals surface area (Å²) in [5.74, 6) is 5.68. The summed E-state index contributed by atoms with van der Waals surface area (Å²) in [7, 11) is 0. The van der Waals surface area contributed by atoms with E-state index in [4.69, 9.17) is 9.47 Å². The molecule has 0 saturated heterocycles. The Morgan fingerprint density at radius 3 is 2.00 bits per heavy atom. The fourth-order valence-electron chi connectivity index (χ4n) is 2.45. The van der Waals surface area contributed by atoms with Gasteiger partial charge in [0.05, 0.1) is 0 Å². The number of ether oxygens (including phenoxy) is 2. The third kappa shape index (κ3) is 17.7. The van der Waals surface area contributed by atoms with Crippen LogP contribution in [0, 0.1) is 17.8 Å². The molecule has 27 heavy (non-hydrogen) atoms. The topological polar surface area (TPSA) is 52.6 Å². The van der Waals surface area contributed by atoms with Gasteiger partial charge in [-0.15, -0.1) is 0 Å². The van der Waals surface area contributed by atoms with E-state index in [1.807, 2.05) is 20.8 Å². The molecule has 0 radical (unpaired) electrons. The fourth-order valence-corrected chi connectivity index (χ4v) is 2.45. The van der Waals surface area contributed by atoms with Crippen LogP contribution in [-0.4, -0.2) is 24.6 Å². The second kappa shape index (κ2) is 17.9. The number of carbonyl (C=O) groups is 2. The maximum absolute atomic E-state index is 11.6. The first-order valence-electron chi connectivity index (χ1n) is 10.8. The van der Waals surface area contributed by atoms with Gasteiger partial charge in [-0.2, -0.15) is 0 Å². The molecule has 0 saturated carbocycles. The van der Waals surface area contributed by atoms with Gasteiger partial charge in [0.15, 0.2) is 6.61 Å². The largest absolute Gasteiger partial charge is 0.462 e. The van der Waals surface area contributed by atoms with Crippen LogP contribution in [0.4, 0.5) is 0 Å². The van der Waals surface area contributed by atoms with Gasteiger partial charge in [-0.1, -0.05) is 77.6 Å². The van der Waals surface area contributed by atoms with E-state index < -0.39 is 0 Å². The van der Waals surface area contributed by atoms with Gasteiger partial charge >= 0.3 is 11.9 Å². The Hall–Kier alpha value is -1.50. The Balaban J connectivity index is 3.51. The molecule has 0 aliphatic rings. The number of esters is 2. The summed E-state index contributed by atoms with van der Waals surface area (Å²) < 4.78 is 10.3. The minimum absolute atomic E-state index is 0.0965. The number of unbranched alkanes of at least 4 members (excludes halogenated alkanes) is 8. The van der Waals surface area contributed by atoms with E-state index in [0.717, 1.165) is 12.8 Å². The van der Waals surface area contributed by atoms with E-state index in [2.05, 4.69) is 18.8 Å². The van der Waals surface area contributed by atoms with Gasteiger partial charge in [0.1, 0.15) is 6.10 Å². The number of hydrogen-bond donors (Lipinski definition) is 0. The first-order chi connectivity index (χ1) is 13.0. The van der Waals surface area contributed by atoms with Crippen molar-refractivity contribution in [3.63, 3.8) is 0 Å². The zero-order valence-electron chi connectivity index (χ0n) is 18.0. The summed E-state index contributed by atoms with van der Waals surface area (Å²) in [6.07, 6.45) is 12.0. The molecular weight excluding hydrogens is 340 g/mol. The molecule has 0 amide bonds. The van der Waals surface area contributed by atoms with Crippen LogP contribution in [0.2, 0.25) is 0 Å². The molecule has 0 bridgehead atoms. The molecule has 0 fully saturated rings. The normalized spacial score (nSPS) is 11.6. The van der Waals surface area contributed by atoms with Gasteiger partial charge in [0.2, 0.25) is 0 Å². The molecule has 4 heteroatoms. The summed E-state index contributed by atoms with van der Waals surface area (Å²) in [5.41, 5.74) is 0. The van der Waals surface area contributed by atoms with Crippen molar-refractivity contribution in [3.8, 4) is 11.8 Å². The van der Waals surface area contributed by atoms with Crippen molar-refractivity contribution in [1.29, 1.82) is 0 Å². The van der Waals surface area contributed by atoms with Crippen LogP contribution in [-0.2, 0) is 19.1 Å². The minimum atomic E-state index is -0.305. The van der Waals surface area contributed by atoms with Crippen LogP contribution in [0.3, 0.4) is 0 Å². The van der Waals surface area contributed by atoms with E-state index in [-0.39, 0.29) is 37.5 Å². The minimum Gasteiger partial charge on any atom is -0.462 e. The van der Waals surface area contributed by atoms with Crippen LogP contribution >= 0.6 is 0 Å². The summed E-state index contributed by atoms with van der Waals surface area (Å²) in [4.78, 5) is 23.2. The third-order valence-electron chi connectivity index (χ3n) is 4.60. The average molecular weight is 381 g/mol. The molecule has 0 aromatic carbocycles.